The van der Waals surface area contributed by atoms with Crippen LogP contribution in [0.25, 0.3) is 0 Å². The number of anilines is 1. The highest BCUT2D eigenvalue weighted by atomic mass is 32.1. The van der Waals surface area contributed by atoms with Crippen LogP contribution in [0.2, 0.25) is 0 Å². The van der Waals surface area contributed by atoms with Gasteiger partial charge in [-0.2, -0.15) is 11.3 Å². The van der Waals surface area contributed by atoms with Crippen LogP contribution in [0.3, 0.4) is 0 Å². The Kier molecular flexibility index (Phi) is 5.28. The number of aromatic nitrogens is 1. The molecule has 122 valence electrons. The molecule has 2 aromatic heterocycles. The molecule has 1 aliphatic rings. The number of hydrogen-bond acceptors (Lipinski definition) is 4. The topological polar surface area (TPSA) is 36.4 Å². The van der Waals surface area contributed by atoms with Crippen LogP contribution in [0, 0.1) is 5.92 Å². The van der Waals surface area contributed by atoms with Crippen LogP contribution in [0.1, 0.15) is 30.1 Å². The highest BCUT2D eigenvalue weighted by Crippen LogP contribution is 2.23. The van der Waals surface area contributed by atoms with Gasteiger partial charge < -0.3 is 9.80 Å². The molecule has 3 rings (SSSR count). The number of carbonyl (C=O) groups is 1. The van der Waals surface area contributed by atoms with E-state index in [1.54, 1.807) is 11.3 Å². The van der Waals surface area contributed by atoms with Crippen LogP contribution in [-0.2, 0) is 0 Å². The first-order chi connectivity index (χ1) is 11.3. The Bertz CT molecular complexity index is 606. The summed E-state index contributed by atoms with van der Waals surface area (Å²) in [5.74, 6) is 1.81. The van der Waals surface area contributed by atoms with Gasteiger partial charge in [0.15, 0.2) is 0 Å². The van der Waals surface area contributed by atoms with Crippen molar-refractivity contribution in [3.63, 3.8) is 0 Å². The molecule has 0 aliphatic carbocycles. The molecule has 0 saturated carbocycles. The fourth-order valence-electron chi connectivity index (χ4n) is 3.12. The molecule has 3 heterocycles. The highest BCUT2D eigenvalue weighted by Gasteiger charge is 2.24. The molecule has 0 aromatic carbocycles. The Hall–Kier alpha value is -1.88. The number of pyridine rings is 1. The minimum atomic E-state index is 0.168. The Labute approximate surface area is 141 Å². The molecule has 1 amide bonds. The summed E-state index contributed by atoms with van der Waals surface area (Å²) in [6.45, 7) is 5.74. The lowest BCUT2D eigenvalue weighted by Gasteiger charge is -2.35. The van der Waals surface area contributed by atoms with Crippen LogP contribution >= 0.6 is 11.3 Å². The zero-order valence-electron chi connectivity index (χ0n) is 13.5. The average molecular weight is 329 g/mol. The molecule has 1 saturated heterocycles. The lowest BCUT2D eigenvalue weighted by atomic mass is 9.96. The van der Waals surface area contributed by atoms with Gasteiger partial charge in [0, 0.05) is 37.8 Å². The van der Waals surface area contributed by atoms with Gasteiger partial charge in [-0.05, 0) is 49.3 Å². The number of piperidine rings is 1. The Morgan fingerprint density at radius 2 is 2.17 bits per heavy atom. The van der Waals surface area contributed by atoms with E-state index in [-0.39, 0.29) is 5.91 Å². The summed E-state index contributed by atoms with van der Waals surface area (Å²) in [6, 6.07) is 7.97. The molecule has 2 aromatic rings. The molecule has 23 heavy (non-hydrogen) atoms. The van der Waals surface area contributed by atoms with Gasteiger partial charge in [-0.3, -0.25) is 4.79 Å². The third-order valence-electron chi connectivity index (χ3n) is 4.50. The third-order valence-corrected chi connectivity index (χ3v) is 5.19. The zero-order chi connectivity index (χ0) is 16.1. The molecule has 1 aliphatic heterocycles. The van der Waals surface area contributed by atoms with Gasteiger partial charge in [0.2, 0.25) is 0 Å². The molecule has 0 atom stereocenters. The van der Waals surface area contributed by atoms with E-state index in [4.69, 9.17) is 0 Å². The number of carbonyl (C=O) groups excluding carboxylic acids is 1. The molecular formula is C18H23N3OS. The zero-order valence-corrected chi connectivity index (χ0v) is 14.3. The summed E-state index contributed by atoms with van der Waals surface area (Å²) >= 11 is 1.58. The number of rotatable bonds is 5. The van der Waals surface area contributed by atoms with Crippen LogP contribution in [0.4, 0.5) is 5.82 Å². The van der Waals surface area contributed by atoms with Crippen LogP contribution in [-0.4, -0.2) is 42.0 Å². The van der Waals surface area contributed by atoms with E-state index < -0.39 is 0 Å². The standard InChI is InChI=1S/C18H23N3OS/c1-2-20(18(22)16-8-12-23-14-16)13-15-6-10-21(11-7-15)17-5-3-4-9-19-17/h3-5,8-9,12,14-15H,2,6-7,10-11,13H2,1H3. The van der Waals surface area contributed by atoms with Crippen molar-refractivity contribution in [2.75, 3.05) is 31.1 Å². The third kappa shape index (κ3) is 3.91. The monoisotopic (exact) mass is 329 g/mol. The maximum Gasteiger partial charge on any atom is 0.254 e. The van der Waals surface area contributed by atoms with E-state index in [0.717, 1.165) is 50.4 Å². The first-order valence-corrected chi connectivity index (χ1v) is 9.19. The summed E-state index contributed by atoms with van der Waals surface area (Å²) in [5.41, 5.74) is 0.822. The van der Waals surface area contributed by atoms with Gasteiger partial charge in [-0.25, -0.2) is 4.98 Å². The van der Waals surface area contributed by atoms with Gasteiger partial charge in [-0.1, -0.05) is 6.07 Å². The van der Waals surface area contributed by atoms with Crippen molar-refractivity contribution < 1.29 is 4.79 Å². The first kappa shape index (κ1) is 16.0. The minimum absolute atomic E-state index is 0.168. The molecule has 4 nitrogen and oxygen atoms in total. The lowest BCUT2D eigenvalue weighted by Crippen LogP contribution is -2.41. The highest BCUT2D eigenvalue weighted by molar-refractivity contribution is 7.08. The lowest BCUT2D eigenvalue weighted by molar-refractivity contribution is 0.0730. The molecule has 0 N–H and O–H groups in total. The quantitative estimate of drug-likeness (QED) is 0.842. The van der Waals surface area contributed by atoms with E-state index in [9.17, 15) is 4.79 Å². The summed E-state index contributed by atoms with van der Waals surface area (Å²) in [6.07, 6.45) is 4.08. The average Bonchev–Trinajstić information content (AvgIpc) is 3.15. The van der Waals surface area contributed by atoms with E-state index in [2.05, 4.69) is 22.9 Å². The Balaban J connectivity index is 1.54. The number of hydrogen-bond donors (Lipinski definition) is 0. The molecule has 5 heteroatoms. The van der Waals surface area contributed by atoms with Crippen molar-refractivity contribution in [2.45, 2.75) is 19.8 Å². The maximum atomic E-state index is 12.5. The molecule has 0 unspecified atom stereocenters. The van der Waals surface area contributed by atoms with E-state index >= 15 is 0 Å². The molecule has 0 radical (unpaired) electrons. The van der Waals surface area contributed by atoms with Crippen molar-refractivity contribution in [3.05, 3.63) is 46.8 Å². The second-order valence-corrected chi connectivity index (χ2v) is 6.75. The second-order valence-electron chi connectivity index (χ2n) is 5.97. The summed E-state index contributed by atoms with van der Waals surface area (Å²) in [5, 5.41) is 3.90. The van der Waals surface area contributed by atoms with E-state index in [1.807, 2.05) is 40.1 Å². The second kappa shape index (κ2) is 7.59. The summed E-state index contributed by atoms with van der Waals surface area (Å²) in [7, 11) is 0. The molecular weight excluding hydrogens is 306 g/mol. The smallest absolute Gasteiger partial charge is 0.254 e. The molecule has 0 bridgehead atoms. The van der Waals surface area contributed by atoms with Crippen molar-refractivity contribution in [3.8, 4) is 0 Å². The molecule has 0 spiro atoms. The van der Waals surface area contributed by atoms with Crippen LogP contribution in [0.5, 0.6) is 0 Å². The van der Waals surface area contributed by atoms with Gasteiger partial charge in [0.1, 0.15) is 5.82 Å². The number of thiophene rings is 1. The fourth-order valence-corrected chi connectivity index (χ4v) is 3.75. The van der Waals surface area contributed by atoms with Gasteiger partial charge in [0.25, 0.3) is 5.91 Å². The molecule has 1 fully saturated rings. The van der Waals surface area contributed by atoms with Crippen LogP contribution < -0.4 is 4.90 Å². The van der Waals surface area contributed by atoms with Gasteiger partial charge >= 0.3 is 0 Å². The van der Waals surface area contributed by atoms with Crippen molar-refractivity contribution in [2.24, 2.45) is 5.92 Å². The van der Waals surface area contributed by atoms with E-state index in [1.165, 1.54) is 0 Å². The Morgan fingerprint density at radius 1 is 1.35 bits per heavy atom. The first-order valence-electron chi connectivity index (χ1n) is 8.25. The van der Waals surface area contributed by atoms with Crippen molar-refractivity contribution in [1.29, 1.82) is 0 Å². The minimum Gasteiger partial charge on any atom is -0.357 e. The Morgan fingerprint density at radius 3 is 2.78 bits per heavy atom. The maximum absolute atomic E-state index is 12.5. The van der Waals surface area contributed by atoms with Gasteiger partial charge in [-0.15, -0.1) is 0 Å². The SMILES string of the molecule is CCN(CC1CCN(c2ccccn2)CC1)C(=O)c1ccsc1. The predicted octanol–water partition coefficient (Wildman–Crippen LogP) is 3.52. The van der Waals surface area contributed by atoms with Crippen molar-refractivity contribution >= 4 is 23.1 Å². The number of nitrogens with zero attached hydrogens (tertiary/aromatic N) is 3. The van der Waals surface area contributed by atoms with Gasteiger partial charge in [0.05, 0.1) is 5.56 Å². The predicted molar refractivity (Wildman–Crippen MR) is 95.1 cm³/mol. The van der Waals surface area contributed by atoms with Crippen molar-refractivity contribution in [1.82, 2.24) is 9.88 Å². The summed E-state index contributed by atoms with van der Waals surface area (Å²) < 4.78 is 0. The normalized spacial score (nSPS) is 15.6. The fraction of sp³-hybridized carbons (Fsp3) is 0.444. The van der Waals surface area contributed by atoms with E-state index in [0.29, 0.717) is 5.92 Å². The summed E-state index contributed by atoms with van der Waals surface area (Å²) in [4.78, 5) is 21.3. The van der Waals surface area contributed by atoms with Crippen LogP contribution in [0.15, 0.2) is 41.2 Å². The largest absolute Gasteiger partial charge is 0.357 e. The number of amides is 1.